The van der Waals surface area contributed by atoms with Gasteiger partial charge in [-0.25, -0.2) is 9.78 Å². The number of aromatic nitrogens is 4. The van der Waals surface area contributed by atoms with Crippen LogP contribution in [0.25, 0.3) is 0 Å². The molecular formula is C24H26N6O2. The maximum absolute atomic E-state index is 12.9. The number of aryl methyl sites for hydroxylation is 1. The number of benzene rings is 2. The summed E-state index contributed by atoms with van der Waals surface area (Å²) in [5.41, 5.74) is 2.96. The quantitative estimate of drug-likeness (QED) is 0.449. The van der Waals surface area contributed by atoms with Gasteiger partial charge in [0.1, 0.15) is 17.6 Å². The minimum Gasteiger partial charge on any atom is -0.496 e. The van der Waals surface area contributed by atoms with Crippen molar-refractivity contribution in [3.05, 3.63) is 102 Å². The van der Waals surface area contributed by atoms with E-state index in [0.717, 1.165) is 16.7 Å². The topological polar surface area (TPSA) is 86.0 Å². The van der Waals surface area contributed by atoms with E-state index in [1.54, 1.807) is 19.5 Å². The molecule has 32 heavy (non-hydrogen) atoms. The molecule has 8 nitrogen and oxygen atoms in total. The summed E-state index contributed by atoms with van der Waals surface area (Å²) in [6, 6.07) is 16.8. The zero-order chi connectivity index (χ0) is 22.3. The predicted octanol–water partition coefficient (Wildman–Crippen LogP) is 3.26. The second kappa shape index (κ2) is 9.82. The van der Waals surface area contributed by atoms with Crippen molar-refractivity contribution in [3.63, 3.8) is 0 Å². The molecule has 0 aliphatic heterocycles. The zero-order valence-corrected chi connectivity index (χ0v) is 18.1. The first kappa shape index (κ1) is 21.2. The number of imidazole rings is 1. The minimum atomic E-state index is -0.467. The average Bonchev–Trinajstić information content (AvgIpc) is 3.48. The number of para-hydroxylation sites is 1. The van der Waals surface area contributed by atoms with Gasteiger partial charge in [-0.05, 0) is 23.3 Å². The Kier molecular flexibility index (Phi) is 6.50. The average molecular weight is 431 g/mol. The SMILES string of the molecule is COc1ccccc1C(NC(=O)NCc1ccccc1Cn1cccn1)c1nccn1C. The van der Waals surface area contributed by atoms with Gasteiger partial charge in [0.15, 0.2) is 0 Å². The molecule has 0 bridgehead atoms. The van der Waals surface area contributed by atoms with Crippen molar-refractivity contribution in [2.45, 2.75) is 19.1 Å². The lowest BCUT2D eigenvalue weighted by Gasteiger charge is -2.21. The molecule has 0 radical (unpaired) electrons. The van der Waals surface area contributed by atoms with Gasteiger partial charge in [-0.2, -0.15) is 5.10 Å². The third kappa shape index (κ3) is 4.80. The number of rotatable bonds is 8. The van der Waals surface area contributed by atoms with Crippen LogP contribution >= 0.6 is 0 Å². The van der Waals surface area contributed by atoms with Crippen LogP contribution in [0.2, 0.25) is 0 Å². The number of hydrogen-bond donors (Lipinski definition) is 2. The molecule has 0 spiro atoms. The van der Waals surface area contributed by atoms with Gasteiger partial charge in [0, 0.05) is 43.9 Å². The summed E-state index contributed by atoms with van der Waals surface area (Å²) in [4.78, 5) is 17.4. The Hall–Kier alpha value is -4.07. The fourth-order valence-electron chi connectivity index (χ4n) is 3.65. The second-order valence-corrected chi connectivity index (χ2v) is 7.37. The van der Waals surface area contributed by atoms with Crippen LogP contribution in [0.5, 0.6) is 5.75 Å². The monoisotopic (exact) mass is 430 g/mol. The molecule has 1 atom stereocenters. The van der Waals surface area contributed by atoms with E-state index >= 15 is 0 Å². The van der Waals surface area contributed by atoms with Crippen molar-refractivity contribution in [2.24, 2.45) is 7.05 Å². The van der Waals surface area contributed by atoms with Gasteiger partial charge in [-0.1, -0.05) is 42.5 Å². The molecule has 2 amide bonds. The van der Waals surface area contributed by atoms with E-state index in [9.17, 15) is 4.79 Å². The number of methoxy groups -OCH3 is 1. The Morgan fingerprint density at radius 2 is 1.81 bits per heavy atom. The number of ether oxygens (including phenoxy) is 1. The van der Waals surface area contributed by atoms with Crippen molar-refractivity contribution in [3.8, 4) is 5.75 Å². The van der Waals surface area contributed by atoms with Crippen molar-refractivity contribution in [1.29, 1.82) is 0 Å². The third-order valence-corrected chi connectivity index (χ3v) is 5.29. The lowest BCUT2D eigenvalue weighted by atomic mass is 10.0. The smallest absolute Gasteiger partial charge is 0.315 e. The van der Waals surface area contributed by atoms with Gasteiger partial charge in [0.25, 0.3) is 0 Å². The van der Waals surface area contributed by atoms with E-state index in [2.05, 4.69) is 20.7 Å². The molecule has 0 aliphatic carbocycles. The van der Waals surface area contributed by atoms with Crippen molar-refractivity contribution in [2.75, 3.05) is 7.11 Å². The minimum absolute atomic E-state index is 0.294. The van der Waals surface area contributed by atoms with Crippen LogP contribution in [0.15, 0.2) is 79.4 Å². The zero-order valence-electron chi connectivity index (χ0n) is 18.1. The largest absolute Gasteiger partial charge is 0.496 e. The highest BCUT2D eigenvalue weighted by Gasteiger charge is 2.23. The van der Waals surface area contributed by atoms with Crippen LogP contribution < -0.4 is 15.4 Å². The van der Waals surface area contributed by atoms with E-state index in [1.165, 1.54) is 0 Å². The summed E-state index contributed by atoms with van der Waals surface area (Å²) < 4.78 is 9.27. The maximum atomic E-state index is 12.9. The molecule has 0 saturated carbocycles. The highest BCUT2D eigenvalue weighted by atomic mass is 16.5. The molecule has 164 valence electrons. The lowest BCUT2D eigenvalue weighted by molar-refractivity contribution is 0.237. The van der Waals surface area contributed by atoms with Gasteiger partial charge >= 0.3 is 6.03 Å². The number of amides is 2. The lowest BCUT2D eigenvalue weighted by Crippen LogP contribution is -2.39. The molecule has 1 unspecified atom stereocenters. The van der Waals surface area contributed by atoms with Crippen LogP contribution in [0.4, 0.5) is 4.79 Å². The third-order valence-electron chi connectivity index (χ3n) is 5.29. The van der Waals surface area contributed by atoms with E-state index < -0.39 is 6.04 Å². The number of nitrogens with one attached hydrogen (secondary N) is 2. The molecule has 2 N–H and O–H groups in total. The molecule has 2 aromatic carbocycles. The number of nitrogens with zero attached hydrogens (tertiary/aromatic N) is 4. The van der Waals surface area contributed by atoms with Crippen molar-refractivity contribution >= 4 is 6.03 Å². The molecule has 4 aromatic rings. The summed E-state index contributed by atoms with van der Waals surface area (Å²) in [6.45, 7) is 1.03. The fourth-order valence-corrected chi connectivity index (χ4v) is 3.65. The Balaban J connectivity index is 1.50. The van der Waals surface area contributed by atoms with Crippen LogP contribution in [0.1, 0.15) is 28.6 Å². The van der Waals surface area contributed by atoms with Gasteiger partial charge < -0.3 is 19.9 Å². The second-order valence-electron chi connectivity index (χ2n) is 7.37. The molecule has 0 aliphatic rings. The van der Waals surface area contributed by atoms with Gasteiger partial charge in [0.2, 0.25) is 0 Å². The summed E-state index contributed by atoms with van der Waals surface area (Å²) in [5.74, 6) is 1.40. The highest BCUT2D eigenvalue weighted by molar-refractivity contribution is 5.75. The standard InChI is InChI=1S/C24H26N6O2/c1-29-15-13-25-23(29)22(20-10-5-6-11-21(20)32-2)28-24(31)26-16-18-8-3-4-9-19(18)17-30-14-7-12-27-30/h3-15,22H,16-17H2,1-2H3,(H2,26,28,31). The summed E-state index contributed by atoms with van der Waals surface area (Å²) in [7, 11) is 3.51. The van der Waals surface area contributed by atoms with Crippen LogP contribution in [-0.4, -0.2) is 32.5 Å². The molecule has 4 rings (SSSR count). The van der Waals surface area contributed by atoms with Gasteiger partial charge in [0.05, 0.1) is 13.7 Å². The highest BCUT2D eigenvalue weighted by Crippen LogP contribution is 2.28. The van der Waals surface area contributed by atoms with Crippen molar-refractivity contribution in [1.82, 2.24) is 30.0 Å². The summed E-state index contributed by atoms with van der Waals surface area (Å²) >= 11 is 0. The molecule has 2 aromatic heterocycles. The predicted molar refractivity (Wildman–Crippen MR) is 121 cm³/mol. The Morgan fingerprint density at radius 3 is 2.53 bits per heavy atom. The van der Waals surface area contributed by atoms with Crippen molar-refractivity contribution < 1.29 is 9.53 Å². The van der Waals surface area contributed by atoms with E-state index in [1.807, 2.05) is 83.3 Å². The normalized spacial score (nSPS) is 11.7. The summed E-state index contributed by atoms with van der Waals surface area (Å²) in [6.07, 6.45) is 7.23. The first-order valence-electron chi connectivity index (χ1n) is 10.3. The molecule has 8 heteroatoms. The van der Waals surface area contributed by atoms with Crippen LogP contribution in [-0.2, 0) is 20.1 Å². The van der Waals surface area contributed by atoms with Crippen LogP contribution in [0.3, 0.4) is 0 Å². The number of hydrogen-bond acceptors (Lipinski definition) is 4. The number of urea groups is 1. The Morgan fingerprint density at radius 1 is 1.03 bits per heavy atom. The van der Waals surface area contributed by atoms with Gasteiger partial charge in [-0.15, -0.1) is 0 Å². The molecular weight excluding hydrogens is 404 g/mol. The van der Waals surface area contributed by atoms with Crippen LogP contribution in [0, 0.1) is 0 Å². The molecule has 2 heterocycles. The number of carbonyl (C=O) groups excluding carboxylic acids is 1. The Bertz CT molecular complexity index is 1170. The molecule has 0 saturated heterocycles. The van der Waals surface area contributed by atoms with Gasteiger partial charge in [-0.3, -0.25) is 4.68 Å². The van der Waals surface area contributed by atoms with E-state index in [-0.39, 0.29) is 6.03 Å². The van der Waals surface area contributed by atoms with E-state index in [0.29, 0.717) is 24.7 Å². The number of carbonyl (C=O) groups is 1. The van der Waals surface area contributed by atoms with E-state index in [4.69, 9.17) is 4.74 Å². The fraction of sp³-hybridized carbons (Fsp3) is 0.208. The first-order valence-corrected chi connectivity index (χ1v) is 10.3. The molecule has 0 fully saturated rings. The summed E-state index contributed by atoms with van der Waals surface area (Å²) in [5, 5.41) is 10.3. The Labute approximate surface area is 186 Å². The first-order chi connectivity index (χ1) is 15.7. The maximum Gasteiger partial charge on any atom is 0.315 e.